The Morgan fingerprint density at radius 2 is 2.20 bits per heavy atom. The number of piperazine rings is 1. The SMILES string of the molecule is CCC1CNC(C)(C2CC2)CN1Cc1cccc(F)c1. The van der Waals surface area contributed by atoms with Gasteiger partial charge in [0.1, 0.15) is 5.82 Å². The summed E-state index contributed by atoms with van der Waals surface area (Å²) in [5, 5.41) is 3.77. The number of nitrogens with zero attached hydrogens (tertiary/aromatic N) is 1. The number of nitrogens with one attached hydrogen (secondary N) is 1. The zero-order valence-electron chi connectivity index (χ0n) is 12.5. The number of hydrogen-bond donors (Lipinski definition) is 1. The Hall–Kier alpha value is -0.930. The Labute approximate surface area is 121 Å². The molecular formula is C17H25FN2. The molecule has 2 atom stereocenters. The Morgan fingerprint density at radius 3 is 2.85 bits per heavy atom. The van der Waals surface area contributed by atoms with Crippen LogP contribution in [-0.4, -0.2) is 29.6 Å². The molecule has 0 amide bonds. The summed E-state index contributed by atoms with van der Waals surface area (Å²) in [6.07, 6.45) is 3.85. The van der Waals surface area contributed by atoms with Gasteiger partial charge in [-0.2, -0.15) is 0 Å². The average molecular weight is 276 g/mol. The molecule has 2 unspecified atom stereocenters. The van der Waals surface area contributed by atoms with Gasteiger partial charge in [-0.3, -0.25) is 4.90 Å². The van der Waals surface area contributed by atoms with Crippen molar-refractivity contribution in [1.29, 1.82) is 0 Å². The third-order valence-electron chi connectivity index (χ3n) is 5.01. The third kappa shape index (κ3) is 2.89. The van der Waals surface area contributed by atoms with E-state index in [2.05, 4.69) is 24.1 Å². The van der Waals surface area contributed by atoms with E-state index in [1.165, 1.54) is 18.9 Å². The van der Waals surface area contributed by atoms with Crippen LogP contribution in [0.2, 0.25) is 0 Å². The van der Waals surface area contributed by atoms with Crippen molar-refractivity contribution in [2.24, 2.45) is 5.92 Å². The van der Waals surface area contributed by atoms with E-state index in [1.807, 2.05) is 12.1 Å². The van der Waals surface area contributed by atoms with E-state index in [0.29, 0.717) is 6.04 Å². The summed E-state index contributed by atoms with van der Waals surface area (Å²) in [6, 6.07) is 7.60. The van der Waals surface area contributed by atoms with Gasteiger partial charge in [-0.1, -0.05) is 19.1 Å². The molecule has 1 aromatic rings. The lowest BCUT2D eigenvalue weighted by Gasteiger charge is -2.46. The minimum Gasteiger partial charge on any atom is -0.308 e. The molecule has 2 nitrogen and oxygen atoms in total. The Kier molecular flexibility index (Phi) is 3.83. The highest BCUT2D eigenvalue weighted by Gasteiger charge is 2.45. The third-order valence-corrected chi connectivity index (χ3v) is 5.01. The molecule has 3 rings (SSSR count). The van der Waals surface area contributed by atoms with Crippen LogP contribution in [0.15, 0.2) is 24.3 Å². The van der Waals surface area contributed by atoms with Crippen LogP contribution in [0.4, 0.5) is 4.39 Å². The molecule has 1 N–H and O–H groups in total. The lowest BCUT2D eigenvalue weighted by atomic mass is 9.90. The molecule has 0 spiro atoms. The fourth-order valence-electron chi connectivity index (χ4n) is 3.54. The van der Waals surface area contributed by atoms with Gasteiger partial charge >= 0.3 is 0 Å². The van der Waals surface area contributed by atoms with E-state index in [-0.39, 0.29) is 11.4 Å². The van der Waals surface area contributed by atoms with Gasteiger partial charge in [0.05, 0.1) is 0 Å². The van der Waals surface area contributed by atoms with Crippen molar-refractivity contribution in [1.82, 2.24) is 10.2 Å². The fourth-order valence-corrected chi connectivity index (χ4v) is 3.54. The molecule has 0 bridgehead atoms. The predicted molar refractivity (Wildman–Crippen MR) is 80.0 cm³/mol. The Bertz CT molecular complexity index is 472. The standard InChI is InChI=1S/C17H25FN2/c1-3-16-10-19-17(2,14-7-8-14)12-20(16)11-13-5-4-6-15(18)9-13/h4-6,9,14,16,19H,3,7-8,10-12H2,1-2H3. The summed E-state index contributed by atoms with van der Waals surface area (Å²) in [5.74, 6) is 0.700. The van der Waals surface area contributed by atoms with Crippen LogP contribution < -0.4 is 5.32 Å². The lowest BCUT2D eigenvalue weighted by Crippen LogP contribution is -2.63. The van der Waals surface area contributed by atoms with Crippen LogP contribution in [0.25, 0.3) is 0 Å². The van der Waals surface area contributed by atoms with Crippen LogP contribution in [0.3, 0.4) is 0 Å². The van der Waals surface area contributed by atoms with Gasteiger partial charge in [0.15, 0.2) is 0 Å². The van der Waals surface area contributed by atoms with Gasteiger partial charge in [0, 0.05) is 31.2 Å². The van der Waals surface area contributed by atoms with E-state index in [1.54, 1.807) is 6.07 Å². The molecular weight excluding hydrogens is 251 g/mol. The second-order valence-corrected chi connectivity index (χ2v) is 6.67. The molecule has 20 heavy (non-hydrogen) atoms. The molecule has 0 aromatic heterocycles. The number of halogens is 1. The van der Waals surface area contributed by atoms with Crippen LogP contribution >= 0.6 is 0 Å². The second-order valence-electron chi connectivity index (χ2n) is 6.67. The molecule has 1 saturated carbocycles. The molecule has 1 aliphatic heterocycles. The zero-order chi connectivity index (χ0) is 14.2. The quantitative estimate of drug-likeness (QED) is 0.908. The number of hydrogen-bond acceptors (Lipinski definition) is 2. The minimum atomic E-state index is -0.129. The molecule has 1 aliphatic carbocycles. The lowest BCUT2D eigenvalue weighted by molar-refractivity contribution is 0.0665. The number of benzene rings is 1. The van der Waals surface area contributed by atoms with Crippen molar-refractivity contribution in [3.8, 4) is 0 Å². The minimum absolute atomic E-state index is 0.129. The first kappa shape index (κ1) is 14.0. The maximum absolute atomic E-state index is 13.4. The van der Waals surface area contributed by atoms with E-state index in [9.17, 15) is 4.39 Å². The molecule has 1 aromatic carbocycles. The summed E-state index contributed by atoms with van der Waals surface area (Å²) in [5.41, 5.74) is 1.34. The topological polar surface area (TPSA) is 15.3 Å². The largest absolute Gasteiger partial charge is 0.308 e. The molecule has 2 fully saturated rings. The summed E-state index contributed by atoms with van der Waals surface area (Å²) >= 11 is 0. The maximum Gasteiger partial charge on any atom is 0.123 e. The maximum atomic E-state index is 13.4. The highest BCUT2D eigenvalue weighted by molar-refractivity contribution is 5.17. The highest BCUT2D eigenvalue weighted by Crippen LogP contribution is 2.41. The van der Waals surface area contributed by atoms with Crippen molar-refractivity contribution in [3.63, 3.8) is 0 Å². The fraction of sp³-hybridized carbons (Fsp3) is 0.647. The monoisotopic (exact) mass is 276 g/mol. The first-order chi connectivity index (χ1) is 9.60. The van der Waals surface area contributed by atoms with Crippen molar-refractivity contribution >= 4 is 0 Å². The van der Waals surface area contributed by atoms with Gasteiger partial charge in [0.2, 0.25) is 0 Å². The van der Waals surface area contributed by atoms with E-state index in [0.717, 1.165) is 37.5 Å². The molecule has 1 saturated heterocycles. The van der Waals surface area contributed by atoms with Gasteiger partial charge in [-0.25, -0.2) is 4.39 Å². The van der Waals surface area contributed by atoms with Gasteiger partial charge in [0.25, 0.3) is 0 Å². The van der Waals surface area contributed by atoms with E-state index < -0.39 is 0 Å². The molecule has 0 radical (unpaired) electrons. The first-order valence-corrected chi connectivity index (χ1v) is 7.84. The van der Waals surface area contributed by atoms with Gasteiger partial charge < -0.3 is 5.32 Å². The van der Waals surface area contributed by atoms with Crippen molar-refractivity contribution in [2.45, 2.75) is 51.2 Å². The van der Waals surface area contributed by atoms with Crippen LogP contribution in [0.5, 0.6) is 0 Å². The van der Waals surface area contributed by atoms with Crippen molar-refractivity contribution < 1.29 is 4.39 Å². The predicted octanol–water partition coefficient (Wildman–Crippen LogP) is 3.18. The Balaban J connectivity index is 1.73. The Morgan fingerprint density at radius 1 is 1.40 bits per heavy atom. The molecule has 3 heteroatoms. The van der Waals surface area contributed by atoms with E-state index in [4.69, 9.17) is 0 Å². The summed E-state index contributed by atoms with van der Waals surface area (Å²) in [6.45, 7) is 7.59. The van der Waals surface area contributed by atoms with Crippen LogP contribution in [0, 0.1) is 11.7 Å². The summed E-state index contributed by atoms with van der Waals surface area (Å²) in [4.78, 5) is 2.55. The van der Waals surface area contributed by atoms with Crippen molar-refractivity contribution in [2.75, 3.05) is 13.1 Å². The smallest absolute Gasteiger partial charge is 0.123 e. The number of rotatable bonds is 4. The van der Waals surface area contributed by atoms with E-state index >= 15 is 0 Å². The first-order valence-electron chi connectivity index (χ1n) is 7.84. The van der Waals surface area contributed by atoms with Crippen LogP contribution in [0.1, 0.15) is 38.7 Å². The van der Waals surface area contributed by atoms with Gasteiger partial charge in [-0.05, 0) is 49.8 Å². The van der Waals surface area contributed by atoms with Crippen molar-refractivity contribution in [3.05, 3.63) is 35.6 Å². The second kappa shape index (κ2) is 5.45. The van der Waals surface area contributed by atoms with Crippen LogP contribution in [-0.2, 0) is 6.54 Å². The molecule has 1 heterocycles. The highest BCUT2D eigenvalue weighted by atomic mass is 19.1. The van der Waals surface area contributed by atoms with Gasteiger partial charge in [-0.15, -0.1) is 0 Å². The molecule has 2 aliphatic rings. The molecule has 110 valence electrons. The summed E-state index contributed by atoms with van der Waals surface area (Å²) in [7, 11) is 0. The summed E-state index contributed by atoms with van der Waals surface area (Å²) < 4.78 is 13.4. The zero-order valence-corrected chi connectivity index (χ0v) is 12.5. The normalized spacial score (nSPS) is 31.4. The average Bonchev–Trinajstić information content (AvgIpc) is 3.24.